The fourth-order valence-corrected chi connectivity index (χ4v) is 6.45. The normalized spacial score (nSPS) is 18.5. The van der Waals surface area contributed by atoms with Gasteiger partial charge in [-0.15, -0.1) is 5.10 Å². The molecule has 1 aliphatic rings. The Labute approximate surface area is 246 Å². The fraction of sp³-hybridized carbons (Fsp3) is 0.667. The van der Waals surface area contributed by atoms with E-state index in [2.05, 4.69) is 33.9 Å². The molecule has 2 N–H and O–H groups in total. The molecule has 1 aromatic rings. The zero-order valence-corrected chi connectivity index (χ0v) is 28.2. The Balaban J connectivity index is 2.61. The first kappa shape index (κ1) is 34.0. The average Bonchev–Trinajstić information content (AvgIpc) is 3.19. The van der Waals surface area contributed by atoms with Gasteiger partial charge in [-0.2, -0.15) is 0 Å². The van der Waals surface area contributed by atoms with Crippen molar-refractivity contribution >= 4 is 43.0 Å². The van der Waals surface area contributed by atoms with E-state index in [9.17, 15) is 14.4 Å². The SMILES string of the molecule is CC(C)(C)C(=O)N(CCO[Si](C)(C)C(C)(C)C)C1=NN(C(=O)C(C)(C)C)C(CCCC(N)=O)(c2ccccc2)S1. The van der Waals surface area contributed by atoms with Gasteiger partial charge >= 0.3 is 0 Å². The predicted molar refractivity (Wildman–Crippen MR) is 167 cm³/mol. The van der Waals surface area contributed by atoms with E-state index in [1.165, 1.54) is 11.8 Å². The first-order valence-electron chi connectivity index (χ1n) is 14.1. The van der Waals surface area contributed by atoms with Crippen LogP contribution in [0, 0.1) is 10.8 Å². The topological polar surface area (TPSA) is 105 Å². The van der Waals surface area contributed by atoms with Crippen molar-refractivity contribution in [1.29, 1.82) is 0 Å². The first-order chi connectivity index (χ1) is 18.1. The van der Waals surface area contributed by atoms with E-state index in [0.29, 0.717) is 31.2 Å². The lowest BCUT2D eigenvalue weighted by Gasteiger charge is -2.39. The van der Waals surface area contributed by atoms with Crippen LogP contribution in [0.3, 0.4) is 0 Å². The third kappa shape index (κ3) is 7.97. The first-order valence-corrected chi connectivity index (χ1v) is 17.8. The van der Waals surface area contributed by atoms with E-state index in [1.54, 1.807) is 9.91 Å². The molecule has 1 aliphatic heterocycles. The molecule has 1 aromatic carbocycles. The van der Waals surface area contributed by atoms with Gasteiger partial charge in [0.05, 0.1) is 13.2 Å². The zero-order chi connectivity index (χ0) is 30.7. The summed E-state index contributed by atoms with van der Waals surface area (Å²) in [6, 6.07) is 9.71. The third-order valence-corrected chi connectivity index (χ3v) is 13.5. The second-order valence-corrected chi connectivity index (χ2v) is 20.2. The highest BCUT2D eigenvalue weighted by molar-refractivity contribution is 8.14. The van der Waals surface area contributed by atoms with Gasteiger partial charge in [-0.25, -0.2) is 5.01 Å². The second kappa shape index (κ2) is 12.4. The second-order valence-electron chi connectivity index (χ2n) is 14.1. The number of benzene rings is 1. The van der Waals surface area contributed by atoms with Gasteiger partial charge in [0.1, 0.15) is 4.87 Å². The minimum Gasteiger partial charge on any atom is -0.415 e. The molecule has 0 saturated carbocycles. The molecule has 0 aliphatic carbocycles. The van der Waals surface area contributed by atoms with Crippen LogP contribution >= 0.6 is 11.8 Å². The Bertz CT molecular complexity index is 1100. The Morgan fingerprint density at radius 3 is 2.05 bits per heavy atom. The van der Waals surface area contributed by atoms with Crippen molar-refractivity contribution in [2.75, 3.05) is 13.2 Å². The standard InChI is InChI=1S/C30H50N4O4SSi/c1-27(2,3)24(36)33(20-21-38-40(10,11)29(7,8)9)26-32-34(25(37)28(4,5)6)30(39-26,19-15-18-23(31)35)22-16-13-12-14-17-22/h12-14,16-17H,15,18-21H2,1-11H3,(H2,31,35). The van der Waals surface area contributed by atoms with Crippen molar-refractivity contribution in [3.63, 3.8) is 0 Å². The van der Waals surface area contributed by atoms with Gasteiger partial charge < -0.3 is 10.2 Å². The number of hydrazone groups is 1. The van der Waals surface area contributed by atoms with Crippen LogP contribution in [0.25, 0.3) is 0 Å². The Morgan fingerprint density at radius 2 is 1.57 bits per heavy atom. The molecular weight excluding hydrogens is 541 g/mol. The smallest absolute Gasteiger partial charge is 0.249 e. The highest BCUT2D eigenvalue weighted by Crippen LogP contribution is 2.51. The summed E-state index contributed by atoms with van der Waals surface area (Å²) in [5, 5.41) is 6.92. The molecule has 2 rings (SSSR count). The number of carbonyl (C=O) groups excluding carboxylic acids is 3. The van der Waals surface area contributed by atoms with Gasteiger partial charge in [0.2, 0.25) is 17.7 Å². The van der Waals surface area contributed by atoms with Crippen molar-refractivity contribution in [1.82, 2.24) is 9.91 Å². The molecule has 0 aromatic heterocycles. The summed E-state index contributed by atoms with van der Waals surface area (Å²) in [5.41, 5.74) is 4.96. The predicted octanol–water partition coefficient (Wildman–Crippen LogP) is 6.28. The lowest BCUT2D eigenvalue weighted by atomic mass is 9.92. The number of nitrogens with two attached hydrogens (primary N) is 1. The number of hydrogen-bond acceptors (Lipinski definition) is 6. The minimum absolute atomic E-state index is 0.0321. The quantitative estimate of drug-likeness (QED) is 0.341. The average molecular weight is 591 g/mol. The Morgan fingerprint density at radius 1 is 1.00 bits per heavy atom. The van der Waals surface area contributed by atoms with E-state index >= 15 is 0 Å². The van der Waals surface area contributed by atoms with Crippen molar-refractivity contribution in [2.24, 2.45) is 21.7 Å². The summed E-state index contributed by atoms with van der Waals surface area (Å²) in [4.78, 5) is 40.2. The number of rotatable bonds is 9. The van der Waals surface area contributed by atoms with Gasteiger partial charge in [0.25, 0.3) is 0 Å². The maximum absolute atomic E-state index is 13.9. The maximum Gasteiger partial charge on any atom is 0.249 e. The fourth-order valence-electron chi connectivity index (χ4n) is 4.00. The number of carbonyl (C=O) groups is 3. The van der Waals surface area contributed by atoms with Crippen molar-refractivity contribution in [2.45, 2.75) is 105 Å². The van der Waals surface area contributed by atoms with Crippen molar-refractivity contribution in [3.05, 3.63) is 35.9 Å². The molecule has 3 amide bonds. The molecule has 40 heavy (non-hydrogen) atoms. The third-order valence-electron chi connectivity index (χ3n) is 7.49. The van der Waals surface area contributed by atoms with Gasteiger partial charge in [-0.1, -0.05) is 104 Å². The molecule has 224 valence electrons. The molecule has 1 atom stereocenters. The number of hydrogen-bond donors (Lipinski definition) is 1. The molecule has 0 spiro atoms. The molecular formula is C30H50N4O4SSi. The monoisotopic (exact) mass is 590 g/mol. The molecule has 0 saturated heterocycles. The summed E-state index contributed by atoms with van der Waals surface area (Å²) < 4.78 is 6.45. The van der Waals surface area contributed by atoms with E-state index in [0.717, 1.165) is 5.56 Å². The number of amidine groups is 1. The highest BCUT2D eigenvalue weighted by atomic mass is 32.2. The van der Waals surface area contributed by atoms with E-state index in [4.69, 9.17) is 15.3 Å². The Kier molecular flexibility index (Phi) is 10.5. The highest BCUT2D eigenvalue weighted by Gasteiger charge is 2.52. The summed E-state index contributed by atoms with van der Waals surface area (Å²) in [7, 11) is -2.05. The van der Waals surface area contributed by atoms with Gasteiger partial charge in [0.15, 0.2) is 13.5 Å². The molecule has 10 heteroatoms. The molecule has 8 nitrogen and oxygen atoms in total. The van der Waals surface area contributed by atoms with Crippen molar-refractivity contribution in [3.8, 4) is 0 Å². The van der Waals surface area contributed by atoms with Crippen LogP contribution in [0.2, 0.25) is 18.1 Å². The molecule has 1 unspecified atom stereocenters. The molecule has 0 fully saturated rings. The molecule has 0 bridgehead atoms. The number of nitrogens with zero attached hydrogens (tertiary/aromatic N) is 3. The summed E-state index contributed by atoms with van der Waals surface area (Å²) in [6.07, 6.45) is 1.10. The van der Waals surface area contributed by atoms with Crippen molar-refractivity contribution < 1.29 is 18.8 Å². The van der Waals surface area contributed by atoms with Gasteiger partial charge in [-0.05, 0) is 36.5 Å². The van der Waals surface area contributed by atoms with Gasteiger partial charge in [0, 0.05) is 17.3 Å². The van der Waals surface area contributed by atoms with E-state index in [-0.39, 0.29) is 23.3 Å². The maximum atomic E-state index is 13.9. The summed E-state index contributed by atoms with van der Waals surface area (Å²) in [6.45, 7) is 22.8. The van der Waals surface area contributed by atoms with Crippen LogP contribution in [0.5, 0.6) is 0 Å². The lowest BCUT2D eigenvalue weighted by molar-refractivity contribution is -0.143. The number of thioether (sulfide) groups is 1. The van der Waals surface area contributed by atoms with Crippen LogP contribution in [-0.2, 0) is 23.7 Å². The Hall–Kier alpha value is -2.17. The van der Waals surface area contributed by atoms with Gasteiger partial charge in [-0.3, -0.25) is 19.3 Å². The van der Waals surface area contributed by atoms with Crippen LogP contribution < -0.4 is 5.73 Å². The van der Waals surface area contributed by atoms with Crippen LogP contribution in [0.15, 0.2) is 35.4 Å². The van der Waals surface area contributed by atoms with Crippen LogP contribution in [0.4, 0.5) is 0 Å². The minimum atomic E-state index is -2.05. The number of amides is 3. The summed E-state index contributed by atoms with van der Waals surface area (Å²) >= 11 is 1.40. The van der Waals surface area contributed by atoms with E-state index < -0.39 is 29.9 Å². The van der Waals surface area contributed by atoms with Crippen LogP contribution in [-0.4, -0.2) is 54.3 Å². The number of primary amides is 1. The zero-order valence-electron chi connectivity index (χ0n) is 26.4. The van der Waals surface area contributed by atoms with E-state index in [1.807, 2.05) is 71.9 Å². The molecule has 1 heterocycles. The molecule has 0 radical (unpaired) electrons. The lowest BCUT2D eigenvalue weighted by Crippen LogP contribution is -2.47. The summed E-state index contributed by atoms with van der Waals surface area (Å²) in [5.74, 6) is -0.659. The largest absolute Gasteiger partial charge is 0.415 e. The van der Waals surface area contributed by atoms with Crippen LogP contribution in [0.1, 0.15) is 87.1 Å².